The van der Waals surface area contributed by atoms with E-state index < -0.39 is 6.10 Å². The molecule has 0 aliphatic rings. The van der Waals surface area contributed by atoms with Crippen molar-refractivity contribution in [3.63, 3.8) is 0 Å². The average Bonchev–Trinajstić information content (AvgIpc) is 3.49. The van der Waals surface area contributed by atoms with Gasteiger partial charge >= 0.3 is 17.9 Å². The molecule has 0 aromatic heterocycles. The number of carbonyl (C=O) groups excluding carboxylic acids is 3. The minimum atomic E-state index is -0.820. The molecule has 0 rings (SSSR count). The second kappa shape index (κ2) is 69.0. The van der Waals surface area contributed by atoms with Gasteiger partial charge in [0.25, 0.3) is 0 Å². The lowest BCUT2D eigenvalue weighted by atomic mass is 10.1. The van der Waals surface area contributed by atoms with E-state index in [0.717, 1.165) is 173 Å². The van der Waals surface area contributed by atoms with Gasteiger partial charge in [-0.15, -0.1) is 0 Å². The van der Waals surface area contributed by atoms with Gasteiger partial charge in [-0.3, -0.25) is 14.4 Å². The molecule has 0 bridgehead atoms. The van der Waals surface area contributed by atoms with Crippen molar-refractivity contribution >= 4 is 17.9 Å². The summed E-state index contributed by atoms with van der Waals surface area (Å²) in [6.45, 7) is 6.24. The van der Waals surface area contributed by atoms with Crippen LogP contribution in [0.1, 0.15) is 265 Å². The Morgan fingerprint density at radius 1 is 0.241 bits per heavy atom. The molecule has 6 nitrogen and oxygen atoms in total. The first-order valence-electron chi connectivity index (χ1n) is 33.3. The number of rotatable bonds is 58. The van der Waals surface area contributed by atoms with Crippen LogP contribution in [-0.4, -0.2) is 37.2 Å². The highest BCUT2D eigenvalue weighted by atomic mass is 16.6. The van der Waals surface area contributed by atoms with Crippen LogP contribution in [0.25, 0.3) is 0 Å². The van der Waals surface area contributed by atoms with Crippen molar-refractivity contribution < 1.29 is 28.6 Å². The van der Waals surface area contributed by atoms with Gasteiger partial charge in [-0.05, 0) is 154 Å². The Hall–Kier alpha value is -5.49. The molecule has 0 spiro atoms. The maximum Gasteiger partial charge on any atom is 0.306 e. The van der Waals surface area contributed by atoms with E-state index in [1.807, 2.05) is 0 Å². The molecule has 0 heterocycles. The second-order valence-corrected chi connectivity index (χ2v) is 21.2. The van der Waals surface area contributed by atoms with Crippen LogP contribution in [-0.2, 0) is 28.6 Å². The molecule has 83 heavy (non-hydrogen) atoms. The summed E-state index contributed by atoms with van der Waals surface area (Å²) in [6, 6.07) is 0. The Kier molecular flexibility index (Phi) is 64.4. The molecule has 0 aliphatic carbocycles. The number of ether oxygens (including phenoxy) is 3. The lowest BCUT2D eigenvalue weighted by Gasteiger charge is -2.18. The molecule has 1 atom stereocenters. The molecule has 6 heteroatoms. The van der Waals surface area contributed by atoms with E-state index in [4.69, 9.17) is 14.2 Å². The Labute approximate surface area is 510 Å². The topological polar surface area (TPSA) is 78.9 Å². The molecule has 0 aromatic carbocycles. The summed E-state index contributed by atoms with van der Waals surface area (Å²) in [6.07, 6.45) is 103. The predicted molar refractivity (Wildman–Crippen MR) is 361 cm³/mol. The summed E-state index contributed by atoms with van der Waals surface area (Å²) in [5, 5.41) is 0. The average molecular weight is 1140 g/mol. The minimum absolute atomic E-state index is 0.111. The van der Waals surface area contributed by atoms with Gasteiger partial charge in [0.2, 0.25) is 0 Å². The highest BCUT2D eigenvalue weighted by Crippen LogP contribution is 2.14. The van der Waals surface area contributed by atoms with E-state index in [1.165, 1.54) is 44.9 Å². The van der Waals surface area contributed by atoms with Crippen molar-refractivity contribution in [2.24, 2.45) is 0 Å². The molecule has 1 unspecified atom stereocenters. The first-order valence-corrected chi connectivity index (χ1v) is 33.3. The number of allylic oxidation sites excluding steroid dienone is 30. The summed E-state index contributed by atoms with van der Waals surface area (Å²) in [5.41, 5.74) is 0. The number of esters is 3. The molecule has 0 saturated carbocycles. The number of carbonyl (C=O) groups is 3. The van der Waals surface area contributed by atoms with Gasteiger partial charge in [0.1, 0.15) is 13.2 Å². The third-order valence-electron chi connectivity index (χ3n) is 13.4. The lowest BCUT2D eigenvalue weighted by molar-refractivity contribution is -0.167. The van der Waals surface area contributed by atoms with Crippen LogP contribution >= 0.6 is 0 Å². The van der Waals surface area contributed by atoms with Crippen molar-refractivity contribution in [1.29, 1.82) is 0 Å². The van der Waals surface area contributed by atoms with Gasteiger partial charge in [0, 0.05) is 19.3 Å². The summed E-state index contributed by atoms with van der Waals surface area (Å²) >= 11 is 0. The van der Waals surface area contributed by atoms with Gasteiger partial charge < -0.3 is 14.2 Å². The molecule has 0 amide bonds. The Bertz CT molecular complexity index is 1940. The fraction of sp³-hybridized carbons (Fsp3) is 0.571. The SMILES string of the molecule is CC/C=C\C/C=C\C/C=C\C/C=C\C/C=C\C/C=C\CCCCCCCCCCCCC(=O)OCC(COC(=O)CCCCCC/C=C\C/C=C\C/C=C\C/C=C\CC)OC(=O)CCCCC/C=C\C/C=C\C/C=C\C/C=C\C/C=C\CC. The van der Waals surface area contributed by atoms with E-state index in [-0.39, 0.29) is 37.5 Å². The van der Waals surface area contributed by atoms with Gasteiger partial charge in [-0.2, -0.15) is 0 Å². The molecule has 0 radical (unpaired) electrons. The fourth-order valence-electron chi connectivity index (χ4n) is 8.52. The van der Waals surface area contributed by atoms with Gasteiger partial charge in [-0.1, -0.05) is 274 Å². The minimum Gasteiger partial charge on any atom is -0.462 e. The largest absolute Gasteiger partial charge is 0.462 e. The highest BCUT2D eigenvalue weighted by molar-refractivity contribution is 5.71. The summed E-state index contributed by atoms with van der Waals surface area (Å²) in [7, 11) is 0. The van der Waals surface area contributed by atoms with Crippen molar-refractivity contribution in [3.05, 3.63) is 182 Å². The Balaban J connectivity index is 4.45. The molecular formula is C77H120O6. The first-order chi connectivity index (χ1) is 41.0. The molecule has 0 fully saturated rings. The van der Waals surface area contributed by atoms with Crippen LogP contribution in [0.3, 0.4) is 0 Å². The normalized spacial score (nSPS) is 13.3. The summed E-state index contributed by atoms with van der Waals surface area (Å²) in [4.78, 5) is 38.4. The van der Waals surface area contributed by atoms with Crippen molar-refractivity contribution in [3.8, 4) is 0 Å². The third-order valence-corrected chi connectivity index (χ3v) is 13.4. The zero-order valence-corrected chi connectivity index (χ0v) is 53.1. The van der Waals surface area contributed by atoms with Gasteiger partial charge in [-0.25, -0.2) is 0 Å². The van der Waals surface area contributed by atoms with Crippen molar-refractivity contribution in [1.82, 2.24) is 0 Å². The van der Waals surface area contributed by atoms with Crippen LogP contribution in [0.4, 0.5) is 0 Å². The van der Waals surface area contributed by atoms with Crippen LogP contribution in [0, 0.1) is 0 Å². The predicted octanol–water partition coefficient (Wildman–Crippen LogP) is 23.2. The van der Waals surface area contributed by atoms with Gasteiger partial charge in [0.15, 0.2) is 6.10 Å². The molecule has 0 N–H and O–H groups in total. The van der Waals surface area contributed by atoms with Crippen LogP contribution < -0.4 is 0 Å². The second-order valence-electron chi connectivity index (χ2n) is 21.2. The summed E-state index contributed by atoms with van der Waals surface area (Å²) < 4.78 is 16.9. The van der Waals surface area contributed by atoms with Crippen molar-refractivity contribution in [2.75, 3.05) is 13.2 Å². The van der Waals surface area contributed by atoms with E-state index in [0.29, 0.717) is 19.3 Å². The van der Waals surface area contributed by atoms with E-state index in [9.17, 15) is 14.4 Å². The van der Waals surface area contributed by atoms with E-state index in [1.54, 1.807) is 0 Å². The van der Waals surface area contributed by atoms with Crippen molar-refractivity contribution in [2.45, 2.75) is 271 Å². The van der Waals surface area contributed by atoms with Gasteiger partial charge in [0.05, 0.1) is 0 Å². The van der Waals surface area contributed by atoms with E-state index >= 15 is 0 Å². The molecular weight excluding hydrogens is 1020 g/mol. The highest BCUT2D eigenvalue weighted by Gasteiger charge is 2.19. The van der Waals surface area contributed by atoms with Crippen LogP contribution in [0.15, 0.2) is 182 Å². The maximum absolute atomic E-state index is 12.9. The number of hydrogen-bond donors (Lipinski definition) is 0. The molecule has 464 valence electrons. The third kappa shape index (κ3) is 67.2. The zero-order valence-electron chi connectivity index (χ0n) is 53.1. The molecule has 0 aliphatic heterocycles. The number of unbranched alkanes of at least 4 members (excludes halogenated alkanes) is 17. The molecule has 0 aromatic rings. The lowest BCUT2D eigenvalue weighted by Crippen LogP contribution is -2.30. The maximum atomic E-state index is 12.9. The Morgan fingerprint density at radius 3 is 0.687 bits per heavy atom. The van der Waals surface area contributed by atoms with E-state index in [2.05, 4.69) is 203 Å². The van der Waals surface area contributed by atoms with Crippen LogP contribution in [0.2, 0.25) is 0 Å². The number of hydrogen-bond acceptors (Lipinski definition) is 6. The fourth-order valence-corrected chi connectivity index (χ4v) is 8.52. The smallest absolute Gasteiger partial charge is 0.306 e. The summed E-state index contributed by atoms with van der Waals surface area (Å²) in [5.74, 6) is -0.976. The quantitative estimate of drug-likeness (QED) is 0.0261. The van der Waals surface area contributed by atoms with Crippen LogP contribution in [0.5, 0.6) is 0 Å². The zero-order chi connectivity index (χ0) is 59.9. The standard InChI is InChI=1S/C77H120O6/c1-4-7-10-13-16-19-22-25-28-31-33-34-35-36-37-38-39-40-41-42-44-46-49-52-55-58-61-64-67-70-76(79)82-73-74(72-81-75(78)69-66-63-60-57-54-51-48-45-30-27-24-21-18-15-12-9-6-3)83-77(80)71-68-65-62-59-56-53-50-47-43-32-29-26-23-20-17-14-11-8-5-2/h7-12,16-21,25-30,33-34,36-37,39-40,43,47-48,51,53,56,74H,4-6,13-15,22-24,31-32,35,38,41-42,44-46,49-50,52,54-55,57-73H2,1-3H3/b10-7-,11-8-,12-9-,19-16-,20-17-,21-18-,28-25-,29-26-,30-27-,34-33-,37-36-,40-39-,47-43-,51-48-,56-53-. The molecule has 0 saturated heterocycles. The Morgan fingerprint density at radius 2 is 0.434 bits per heavy atom. The first kappa shape index (κ1) is 77.5. The monoisotopic (exact) mass is 1140 g/mol.